The fourth-order valence-electron chi connectivity index (χ4n) is 4.57. The highest BCUT2D eigenvalue weighted by molar-refractivity contribution is 6.08. The number of carbonyl (C=O) groups is 3. The molecule has 9 heteroatoms. The summed E-state index contributed by atoms with van der Waals surface area (Å²) in [5.74, 6) is -2.86. The van der Waals surface area contributed by atoms with Gasteiger partial charge in [0, 0.05) is 6.42 Å². The molecule has 0 aliphatic carbocycles. The number of aryl methyl sites for hydroxylation is 2. The smallest absolute Gasteiger partial charge is 0.355 e. The van der Waals surface area contributed by atoms with Crippen molar-refractivity contribution in [2.24, 2.45) is 5.73 Å². The summed E-state index contributed by atoms with van der Waals surface area (Å²) >= 11 is 0. The van der Waals surface area contributed by atoms with Crippen LogP contribution in [0.4, 0.5) is 11.4 Å². The van der Waals surface area contributed by atoms with Gasteiger partial charge in [0.2, 0.25) is 5.91 Å². The monoisotopic (exact) mass is 472 g/mol. The highest BCUT2D eigenvalue weighted by Gasteiger charge is 2.44. The zero-order valence-electron chi connectivity index (χ0n) is 19.5. The van der Waals surface area contributed by atoms with E-state index in [1.165, 1.54) is 19.1 Å². The Morgan fingerprint density at radius 2 is 1.80 bits per heavy atom. The van der Waals surface area contributed by atoms with Gasteiger partial charge in [0.05, 0.1) is 48.7 Å². The van der Waals surface area contributed by atoms with Crippen molar-refractivity contribution in [2.45, 2.75) is 25.7 Å². The number of nitrogens with zero attached hydrogens (tertiary/aromatic N) is 2. The van der Waals surface area contributed by atoms with Crippen molar-refractivity contribution in [3.05, 3.63) is 81.8 Å². The molecule has 4 rings (SSSR count). The molecule has 1 amide bonds. The Balaban J connectivity index is 2.10. The number of nitrogens with one attached hydrogen (secondary N) is 1. The molecule has 0 fully saturated rings. The summed E-state index contributed by atoms with van der Waals surface area (Å²) in [4.78, 5) is 40.0. The first-order valence-corrected chi connectivity index (χ1v) is 10.9. The number of hydrogen-bond acceptors (Lipinski definition) is 8. The molecular weight excluding hydrogens is 448 g/mol. The van der Waals surface area contributed by atoms with Crippen LogP contribution in [0.5, 0.6) is 0 Å². The number of ether oxygens (including phenoxy) is 2. The van der Waals surface area contributed by atoms with Gasteiger partial charge in [-0.25, -0.2) is 9.59 Å². The lowest BCUT2D eigenvalue weighted by Crippen LogP contribution is -2.41. The van der Waals surface area contributed by atoms with Crippen molar-refractivity contribution in [1.82, 2.24) is 0 Å². The minimum absolute atomic E-state index is 0.0537. The van der Waals surface area contributed by atoms with Crippen LogP contribution in [0.2, 0.25) is 0 Å². The van der Waals surface area contributed by atoms with Crippen LogP contribution in [0.3, 0.4) is 0 Å². The molecule has 1 unspecified atom stereocenters. The predicted octanol–water partition coefficient (Wildman–Crippen LogP) is 2.78. The standard InChI is InChI=1S/C26H24N4O5/c1-14-11-16-9-10-19(31)29-22(16)18(12-14)30-23(26(33)35-3)21(25(32)34-2)20(17(13-27)24(30)28)15-7-5-4-6-8-15/h4-8,11-12,20H,9-10,28H2,1-3H3,(H,29,31). The SMILES string of the molecule is COC(=O)C1=C(C(=O)OC)N(c2cc(C)cc3c2NC(=O)CC3)C(N)=C(C#N)C1c1ccccc1. The first-order valence-electron chi connectivity index (χ1n) is 10.9. The van der Waals surface area contributed by atoms with E-state index in [-0.39, 0.29) is 28.6 Å². The number of anilines is 2. The summed E-state index contributed by atoms with van der Waals surface area (Å²) in [5, 5.41) is 13.0. The van der Waals surface area contributed by atoms with E-state index in [2.05, 4.69) is 11.4 Å². The Morgan fingerprint density at radius 3 is 2.43 bits per heavy atom. The summed E-state index contributed by atoms with van der Waals surface area (Å²) in [6, 6.07) is 14.6. The number of esters is 2. The first kappa shape index (κ1) is 23.6. The normalized spacial score (nSPS) is 17.4. The van der Waals surface area contributed by atoms with E-state index in [0.717, 1.165) is 11.1 Å². The van der Waals surface area contributed by atoms with Crippen LogP contribution in [0, 0.1) is 18.3 Å². The summed E-state index contributed by atoms with van der Waals surface area (Å²) in [6.07, 6.45) is 0.806. The molecule has 3 N–H and O–H groups in total. The summed E-state index contributed by atoms with van der Waals surface area (Å²) in [5.41, 5.74) is 9.43. The van der Waals surface area contributed by atoms with Gasteiger partial charge < -0.3 is 20.5 Å². The number of benzene rings is 2. The van der Waals surface area contributed by atoms with Gasteiger partial charge in [-0.05, 0) is 36.1 Å². The number of fused-ring (bicyclic) bond motifs is 1. The maximum Gasteiger partial charge on any atom is 0.355 e. The lowest BCUT2D eigenvalue weighted by Gasteiger charge is -2.37. The highest BCUT2D eigenvalue weighted by Crippen LogP contribution is 2.46. The molecule has 0 saturated heterocycles. The second-order valence-corrected chi connectivity index (χ2v) is 8.20. The molecule has 0 bridgehead atoms. The third-order valence-electron chi connectivity index (χ3n) is 6.08. The minimum atomic E-state index is -0.964. The molecule has 0 radical (unpaired) electrons. The number of allylic oxidation sites excluding steroid dienone is 1. The van der Waals surface area contributed by atoms with Crippen LogP contribution in [0.1, 0.15) is 29.0 Å². The second kappa shape index (κ2) is 9.35. The van der Waals surface area contributed by atoms with Crippen LogP contribution in [0.25, 0.3) is 0 Å². The molecule has 0 saturated carbocycles. The number of rotatable bonds is 4. The third kappa shape index (κ3) is 3.99. The van der Waals surface area contributed by atoms with E-state index in [1.54, 1.807) is 36.4 Å². The van der Waals surface area contributed by atoms with E-state index in [9.17, 15) is 19.6 Å². The summed E-state index contributed by atoms with van der Waals surface area (Å²) in [7, 11) is 2.38. The van der Waals surface area contributed by atoms with E-state index in [0.29, 0.717) is 29.8 Å². The Hall–Kier alpha value is -4.58. The van der Waals surface area contributed by atoms with Crippen LogP contribution in [0.15, 0.2) is 65.1 Å². The molecule has 1 atom stereocenters. The number of nitrogens with two attached hydrogens (primary N) is 1. The average Bonchev–Trinajstić information content (AvgIpc) is 2.87. The van der Waals surface area contributed by atoms with E-state index in [1.807, 2.05) is 13.0 Å². The van der Waals surface area contributed by atoms with E-state index >= 15 is 0 Å². The van der Waals surface area contributed by atoms with Gasteiger partial charge in [-0.2, -0.15) is 5.26 Å². The third-order valence-corrected chi connectivity index (χ3v) is 6.08. The van der Waals surface area contributed by atoms with Gasteiger partial charge in [0.15, 0.2) is 0 Å². The predicted molar refractivity (Wildman–Crippen MR) is 128 cm³/mol. The molecule has 2 heterocycles. The molecule has 9 nitrogen and oxygen atoms in total. The number of amides is 1. The van der Waals surface area contributed by atoms with E-state index in [4.69, 9.17) is 15.2 Å². The minimum Gasteiger partial charge on any atom is -0.466 e. The Morgan fingerprint density at radius 1 is 1.11 bits per heavy atom. The average molecular weight is 473 g/mol. The molecule has 2 aliphatic rings. The number of nitriles is 1. The molecule has 0 spiro atoms. The summed E-state index contributed by atoms with van der Waals surface area (Å²) in [6.45, 7) is 1.87. The molecule has 35 heavy (non-hydrogen) atoms. The van der Waals surface area contributed by atoms with Crippen molar-refractivity contribution >= 4 is 29.2 Å². The Kier molecular flexibility index (Phi) is 6.30. The molecule has 178 valence electrons. The van der Waals surface area contributed by atoms with E-state index < -0.39 is 17.9 Å². The molecule has 0 aromatic heterocycles. The fraction of sp³-hybridized carbons (Fsp3) is 0.231. The van der Waals surface area contributed by atoms with Crippen LogP contribution >= 0.6 is 0 Å². The van der Waals surface area contributed by atoms with Crippen molar-refractivity contribution in [3.63, 3.8) is 0 Å². The fourth-order valence-corrected chi connectivity index (χ4v) is 4.57. The van der Waals surface area contributed by atoms with Gasteiger partial charge in [-0.15, -0.1) is 0 Å². The van der Waals surface area contributed by atoms with Gasteiger partial charge in [-0.1, -0.05) is 36.4 Å². The maximum absolute atomic E-state index is 13.2. The van der Waals surface area contributed by atoms with Gasteiger partial charge in [0.25, 0.3) is 0 Å². The van der Waals surface area contributed by atoms with Crippen molar-refractivity contribution < 1.29 is 23.9 Å². The molecular formula is C26H24N4O5. The van der Waals surface area contributed by atoms with Crippen molar-refractivity contribution in [3.8, 4) is 6.07 Å². The van der Waals surface area contributed by atoms with Crippen molar-refractivity contribution in [1.29, 1.82) is 5.26 Å². The van der Waals surface area contributed by atoms with Crippen LogP contribution < -0.4 is 16.0 Å². The molecule has 2 aromatic carbocycles. The first-order chi connectivity index (χ1) is 16.8. The zero-order chi connectivity index (χ0) is 25.3. The molecule has 2 aromatic rings. The highest BCUT2D eigenvalue weighted by atomic mass is 16.5. The Bertz CT molecular complexity index is 1340. The number of carbonyl (C=O) groups excluding carboxylic acids is 3. The van der Waals surface area contributed by atoms with Crippen LogP contribution in [-0.2, 0) is 30.3 Å². The molecule has 2 aliphatic heterocycles. The topological polar surface area (TPSA) is 135 Å². The number of hydrogen-bond donors (Lipinski definition) is 2. The lowest BCUT2D eigenvalue weighted by molar-refractivity contribution is -0.139. The Labute approximate surface area is 202 Å². The maximum atomic E-state index is 13.2. The van der Waals surface area contributed by atoms with Crippen LogP contribution in [-0.4, -0.2) is 32.1 Å². The lowest BCUT2D eigenvalue weighted by atomic mass is 9.80. The second-order valence-electron chi connectivity index (χ2n) is 8.20. The summed E-state index contributed by atoms with van der Waals surface area (Å²) < 4.78 is 10.1. The van der Waals surface area contributed by atoms with Gasteiger partial charge >= 0.3 is 11.9 Å². The number of methoxy groups -OCH3 is 2. The van der Waals surface area contributed by atoms with Crippen molar-refractivity contribution in [2.75, 3.05) is 24.4 Å². The zero-order valence-corrected chi connectivity index (χ0v) is 19.5. The largest absolute Gasteiger partial charge is 0.466 e. The van der Waals surface area contributed by atoms with Gasteiger partial charge in [0.1, 0.15) is 11.5 Å². The quantitative estimate of drug-likeness (QED) is 0.649. The van der Waals surface area contributed by atoms with Gasteiger partial charge in [-0.3, -0.25) is 9.69 Å².